The average molecular weight is 227 g/mol. The summed E-state index contributed by atoms with van der Waals surface area (Å²) in [5.74, 6) is -0.845. The van der Waals surface area contributed by atoms with Crippen molar-refractivity contribution in [2.75, 3.05) is 14.1 Å². The van der Waals surface area contributed by atoms with E-state index in [0.717, 1.165) is 0 Å². The van der Waals surface area contributed by atoms with Crippen LogP contribution in [0.2, 0.25) is 5.02 Å². The average Bonchev–Trinajstić information content (AvgIpc) is 2.16. The van der Waals surface area contributed by atoms with Gasteiger partial charge in [0.1, 0.15) is 0 Å². The second-order valence-electron chi connectivity index (χ2n) is 3.26. The van der Waals surface area contributed by atoms with Gasteiger partial charge in [-0.1, -0.05) is 11.6 Å². The van der Waals surface area contributed by atoms with Crippen LogP contribution in [0.4, 0.5) is 0 Å². The van der Waals surface area contributed by atoms with Crippen molar-refractivity contribution in [1.82, 2.24) is 4.90 Å². The molecule has 0 fully saturated rings. The van der Waals surface area contributed by atoms with Crippen molar-refractivity contribution in [3.63, 3.8) is 0 Å². The molecule has 0 bridgehead atoms. The summed E-state index contributed by atoms with van der Waals surface area (Å²) in [6.07, 6.45) is 0. The number of carbonyl (C=O) groups is 2. The molecular weight excluding hydrogens is 216 g/mol. The van der Waals surface area contributed by atoms with Gasteiger partial charge in [-0.15, -0.1) is 0 Å². The molecule has 0 saturated heterocycles. The summed E-state index contributed by atoms with van der Waals surface area (Å²) in [7, 11) is 3.25. The third-order valence-corrected chi connectivity index (χ3v) is 2.21. The number of amides is 2. The molecule has 1 aromatic rings. The van der Waals surface area contributed by atoms with E-state index < -0.39 is 5.91 Å². The van der Waals surface area contributed by atoms with Gasteiger partial charge in [0.25, 0.3) is 5.91 Å². The number of primary amides is 1. The van der Waals surface area contributed by atoms with Gasteiger partial charge < -0.3 is 10.6 Å². The van der Waals surface area contributed by atoms with Crippen molar-refractivity contribution >= 4 is 23.4 Å². The number of benzene rings is 1. The van der Waals surface area contributed by atoms with Crippen molar-refractivity contribution in [1.29, 1.82) is 0 Å². The molecule has 0 aliphatic rings. The Morgan fingerprint density at radius 2 is 1.93 bits per heavy atom. The van der Waals surface area contributed by atoms with Crippen LogP contribution in [0.15, 0.2) is 18.2 Å². The van der Waals surface area contributed by atoms with E-state index in [2.05, 4.69) is 0 Å². The molecule has 0 aliphatic carbocycles. The molecule has 0 spiro atoms. The molecule has 5 heteroatoms. The fourth-order valence-electron chi connectivity index (χ4n) is 1.11. The van der Waals surface area contributed by atoms with Crippen LogP contribution >= 0.6 is 11.6 Å². The zero-order valence-corrected chi connectivity index (χ0v) is 9.21. The first-order valence-corrected chi connectivity index (χ1v) is 4.62. The standard InChI is InChI=1S/C10H11ClN2O2/c1-13(2)10(15)6-3-4-8(11)7(5-6)9(12)14/h3-5H,1-2H3,(H2,12,14). The molecule has 0 radical (unpaired) electrons. The lowest BCUT2D eigenvalue weighted by molar-refractivity contribution is 0.0827. The minimum Gasteiger partial charge on any atom is -0.366 e. The number of nitrogens with two attached hydrogens (primary N) is 1. The Labute approximate surface area is 92.6 Å². The lowest BCUT2D eigenvalue weighted by Gasteiger charge is -2.11. The van der Waals surface area contributed by atoms with E-state index in [-0.39, 0.29) is 16.5 Å². The smallest absolute Gasteiger partial charge is 0.253 e. The summed E-state index contributed by atoms with van der Waals surface area (Å²) in [4.78, 5) is 24.0. The quantitative estimate of drug-likeness (QED) is 0.822. The number of rotatable bonds is 2. The Kier molecular flexibility index (Phi) is 3.31. The van der Waals surface area contributed by atoms with E-state index in [4.69, 9.17) is 17.3 Å². The Morgan fingerprint density at radius 1 is 1.33 bits per heavy atom. The Balaban J connectivity index is 3.19. The topological polar surface area (TPSA) is 63.4 Å². The first-order chi connectivity index (χ1) is 6.93. The zero-order valence-electron chi connectivity index (χ0n) is 8.45. The highest BCUT2D eigenvalue weighted by Gasteiger charge is 2.13. The van der Waals surface area contributed by atoms with Crippen molar-refractivity contribution < 1.29 is 9.59 Å². The molecule has 2 N–H and O–H groups in total. The first kappa shape index (κ1) is 11.5. The maximum atomic E-state index is 11.6. The van der Waals surface area contributed by atoms with Gasteiger partial charge in [-0.25, -0.2) is 0 Å². The Bertz CT molecular complexity index is 416. The van der Waals surface area contributed by atoms with Gasteiger partial charge in [0.15, 0.2) is 0 Å². The van der Waals surface area contributed by atoms with Crippen molar-refractivity contribution in [3.8, 4) is 0 Å². The third-order valence-electron chi connectivity index (χ3n) is 1.88. The van der Waals surface area contributed by atoms with Crippen LogP contribution in [0, 0.1) is 0 Å². The predicted molar refractivity (Wildman–Crippen MR) is 58.0 cm³/mol. The molecule has 0 saturated carbocycles. The van der Waals surface area contributed by atoms with Gasteiger partial charge in [-0.2, -0.15) is 0 Å². The van der Waals surface area contributed by atoms with Gasteiger partial charge in [0.2, 0.25) is 5.91 Å². The molecule has 0 unspecified atom stereocenters. The molecule has 80 valence electrons. The molecule has 0 aliphatic heterocycles. The predicted octanol–water partition coefficient (Wildman–Crippen LogP) is 1.14. The minimum absolute atomic E-state index is 0.157. The van der Waals surface area contributed by atoms with Gasteiger partial charge in [0.05, 0.1) is 10.6 Å². The van der Waals surface area contributed by atoms with E-state index in [0.29, 0.717) is 5.56 Å². The van der Waals surface area contributed by atoms with Crippen LogP contribution in [-0.4, -0.2) is 30.8 Å². The molecule has 0 aromatic heterocycles. The maximum Gasteiger partial charge on any atom is 0.253 e. The summed E-state index contributed by atoms with van der Waals surface area (Å²) in [5, 5.41) is 0.248. The van der Waals surface area contributed by atoms with Crippen molar-refractivity contribution in [2.45, 2.75) is 0 Å². The summed E-state index contributed by atoms with van der Waals surface area (Å²) >= 11 is 5.75. The third kappa shape index (κ3) is 2.47. The number of nitrogens with zero attached hydrogens (tertiary/aromatic N) is 1. The summed E-state index contributed by atoms with van der Waals surface area (Å²) in [5.41, 5.74) is 5.66. The largest absolute Gasteiger partial charge is 0.366 e. The SMILES string of the molecule is CN(C)C(=O)c1ccc(Cl)c(C(N)=O)c1. The molecule has 4 nitrogen and oxygen atoms in total. The second kappa shape index (κ2) is 4.31. The van der Waals surface area contributed by atoms with Crippen LogP contribution in [0.5, 0.6) is 0 Å². The maximum absolute atomic E-state index is 11.6. The highest BCUT2D eigenvalue weighted by Crippen LogP contribution is 2.17. The van der Waals surface area contributed by atoms with Crippen LogP contribution in [0.3, 0.4) is 0 Å². The van der Waals surface area contributed by atoms with E-state index in [1.54, 1.807) is 20.2 Å². The van der Waals surface area contributed by atoms with E-state index in [1.807, 2.05) is 0 Å². The summed E-state index contributed by atoms with van der Waals surface area (Å²) < 4.78 is 0. The Morgan fingerprint density at radius 3 is 2.40 bits per heavy atom. The van der Waals surface area contributed by atoms with Gasteiger partial charge in [-0.3, -0.25) is 9.59 Å². The lowest BCUT2D eigenvalue weighted by atomic mass is 10.1. The molecule has 15 heavy (non-hydrogen) atoms. The monoisotopic (exact) mass is 226 g/mol. The minimum atomic E-state index is -0.645. The molecule has 0 atom stereocenters. The van der Waals surface area contributed by atoms with Crippen LogP contribution in [-0.2, 0) is 0 Å². The summed E-state index contributed by atoms with van der Waals surface area (Å²) in [6.45, 7) is 0. The van der Waals surface area contributed by atoms with Crippen LogP contribution in [0.25, 0.3) is 0 Å². The zero-order chi connectivity index (χ0) is 11.6. The van der Waals surface area contributed by atoms with Crippen molar-refractivity contribution in [2.24, 2.45) is 5.73 Å². The first-order valence-electron chi connectivity index (χ1n) is 4.24. The molecule has 0 heterocycles. The number of halogens is 1. The summed E-state index contributed by atoms with van der Waals surface area (Å²) in [6, 6.07) is 4.43. The van der Waals surface area contributed by atoms with E-state index >= 15 is 0 Å². The highest BCUT2D eigenvalue weighted by atomic mass is 35.5. The number of carbonyl (C=O) groups excluding carboxylic acids is 2. The second-order valence-corrected chi connectivity index (χ2v) is 3.67. The Hall–Kier alpha value is -1.55. The van der Waals surface area contributed by atoms with Crippen LogP contribution in [0.1, 0.15) is 20.7 Å². The number of hydrogen-bond acceptors (Lipinski definition) is 2. The van der Waals surface area contributed by atoms with Gasteiger partial charge in [-0.05, 0) is 18.2 Å². The fraction of sp³-hybridized carbons (Fsp3) is 0.200. The van der Waals surface area contributed by atoms with Crippen LogP contribution < -0.4 is 5.73 Å². The van der Waals surface area contributed by atoms with Gasteiger partial charge >= 0.3 is 0 Å². The molecule has 2 amide bonds. The normalized spacial score (nSPS) is 9.80. The fourth-order valence-corrected chi connectivity index (χ4v) is 1.32. The van der Waals surface area contributed by atoms with Gasteiger partial charge in [0, 0.05) is 19.7 Å². The lowest BCUT2D eigenvalue weighted by Crippen LogP contribution is -2.22. The molecule has 1 rings (SSSR count). The van der Waals surface area contributed by atoms with E-state index in [1.165, 1.54) is 17.0 Å². The number of hydrogen-bond donors (Lipinski definition) is 1. The van der Waals surface area contributed by atoms with E-state index in [9.17, 15) is 9.59 Å². The molecule has 1 aromatic carbocycles. The molecular formula is C10H11ClN2O2. The van der Waals surface area contributed by atoms with Crippen molar-refractivity contribution in [3.05, 3.63) is 34.3 Å². The highest BCUT2D eigenvalue weighted by molar-refractivity contribution is 6.34.